The number of fused-ring (bicyclic) bond motifs is 3. The van der Waals surface area contributed by atoms with Crippen LogP contribution in [0.5, 0.6) is 0 Å². The molecule has 0 N–H and O–H groups in total. The monoisotopic (exact) mass is 254 g/mol. The van der Waals surface area contributed by atoms with Crippen LogP contribution in [0, 0.1) is 5.92 Å². The number of hydrogen-bond donors (Lipinski definition) is 0. The molecule has 0 aromatic heterocycles. The predicted molar refractivity (Wildman–Crippen MR) is 65.9 cm³/mol. The van der Waals surface area contributed by atoms with Gasteiger partial charge in [0.05, 0.1) is 13.2 Å². The Morgan fingerprint density at radius 2 is 2.22 bits per heavy atom. The SMILES string of the molecule is CCOC(=O)ON1CC2CC3CCCCN3C2C1. The van der Waals surface area contributed by atoms with Gasteiger partial charge in [-0.3, -0.25) is 4.90 Å². The van der Waals surface area contributed by atoms with E-state index in [0.717, 1.165) is 19.1 Å². The highest BCUT2D eigenvalue weighted by Crippen LogP contribution is 2.39. The topological polar surface area (TPSA) is 42.0 Å². The molecular weight excluding hydrogens is 232 g/mol. The molecule has 102 valence electrons. The van der Waals surface area contributed by atoms with Crippen LogP contribution < -0.4 is 0 Å². The first-order valence-electron chi connectivity index (χ1n) is 7.13. The molecule has 5 nitrogen and oxygen atoms in total. The van der Waals surface area contributed by atoms with E-state index in [9.17, 15) is 4.79 Å². The van der Waals surface area contributed by atoms with E-state index in [2.05, 4.69) is 4.90 Å². The molecule has 3 rings (SSSR count). The quantitative estimate of drug-likeness (QED) is 0.701. The second-order valence-electron chi connectivity index (χ2n) is 5.57. The molecule has 3 heterocycles. The Labute approximate surface area is 108 Å². The molecule has 3 aliphatic rings. The molecule has 0 radical (unpaired) electrons. The zero-order valence-corrected chi connectivity index (χ0v) is 11.0. The maximum Gasteiger partial charge on any atom is 0.527 e. The van der Waals surface area contributed by atoms with Crippen molar-refractivity contribution in [2.75, 3.05) is 26.2 Å². The standard InChI is InChI=1S/C13H22N2O3/c1-2-17-13(16)18-14-8-10-7-11-5-3-4-6-15(11)12(10)9-14/h10-12H,2-9H2,1H3. The van der Waals surface area contributed by atoms with Crippen molar-refractivity contribution >= 4 is 6.16 Å². The van der Waals surface area contributed by atoms with Crippen molar-refractivity contribution in [3.63, 3.8) is 0 Å². The van der Waals surface area contributed by atoms with Crippen LogP contribution in [0.2, 0.25) is 0 Å². The van der Waals surface area contributed by atoms with E-state index in [0.29, 0.717) is 18.6 Å². The molecule has 18 heavy (non-hydrogen) atoms. The van der Waals surface area contributed by atoms with Crippen LogP contribution in [0.15, 0.2) is 0 Å². The van der Waals surface area contributed by atoms with E-state index in [-0.39, 0.29) is 0 Å². The molecule has 0 aromatic carbocycles. The lowest BCUT2D eigenvalue weighted by Gasteiger charge is -2.33. The van der Waals surface area contributed by atoms with Gasteiger partial charge in [-0.15, -0.1) is 5.06 Å². The molecule has 3 aliphatic heterocycles. The molecule has 3 atom stereocenters. The van der Waals surface area contributed by atoms with Crippen LogP contribution in [0.1, 0.15) is 32.6 Å². The van der Waals surface area contributed by atoms with Crippen molar-refractivity contribution in [2.45, 2.75) is 44.7 Å². The summed E-state index contributed by atoms with van der Waals surface area (Å²) in [7, 11) is 0. The Balaban J connectivity index is 1.55. The molecule has 0 bridgehead atoms. The number of carbonyl (C=O) groups excluding carboxylic acids is 1. The van der Waals surface area contributed by atoms with Gasteiger partial charge in [0.1, 0.15) is 0 Å². The Hall–Kier alpha value is -0.810. The maximum atomic E-state index is 11.3. The zero-order valence-electron chi connectivity index (χ0n) is 11.0. The normalized spacial score (nSPS) is 36.2. The number of hydrogen-bond acceptors (Lipinski definition) is 5. The average molecular weight is 254 g/mol. The molecule has 0 amide bonds. The van der Waals surface area contributed by atoms with E-state index in [1.165, 1.54) is 32.2 Å². The minimum Gasteiger partial charge on any atom is -0.433 e. The van der Waals surface area contributed by atoms with Gasteiger partial charge in [0.15, 0.2) is 0 Å². The summed E-state index contributed by atoms with van der Waals surface area (Å²) in [6.07, 6.45) is 4.76. The number of ether oxygens (including phenoxy) is 1. The van der Waals surface area contributed by atoms with Crippen molar-refractivity contribution < 1.29 is 14.4 Å². The molecule has 3 saturated heterocycles. The summed E-state index contributed by atoms with van der Waals surface area (Å²) in [5, 5.41) is 1.79. The van der Waals surface area contributed by atoms with Crippen molar-refractivity contribution in [3.8, 4) is 0 Å². The Bertz CT molecular complexity index is 323. The van der Waals surface area contributed by atoms with Crippen LogP contribution in [0.4, 0.5) is 4.79 Å². The average Bonchev–Trinajstić information content (AvgIpc) is 2.86. The third kappa shape index (κ3) is 2.21. The van der Waals surface area contributed by atoms with Gasteiger partial charge in [0.2, 0.25) is 0 Å². The highest BCUT2D eigenvalue weighted by Gasteiger charge is 2.47. The number of nitrogens with zero attached hydrogens (tertiary/aromatic N) is 2. The van der Waals surface area contributed by atoms with Crippen LogP contribution in [-0.2, 0) is 9.57 Å². The highest BCUT2D eigenvalue weighted by atomic mass is 16.8. The van der Waals surface area contributed by atoms with Crippen molar-refractivity contribution in [1.82, 2.24) is 9.96 Å². The summed E-state index contributed by atoms with van der Waals surface area (Å²) < 4.78 is 4.82. The van der Waals surface area contributed by atoms with Gasteiger partial charge in [0, 0.05) is 18.6 Å². The summed E-state index contributed by atoms with van der Waals surface area (Å²) in [6.45, 7) is 5.10. The van der Waals surface area contributed by atoms with Crippen molar-refractivity contribution in [1.29, 1.82) is 0 Å². The smallest absolute Gasteiger partial charge is 0.433 e. The second-order valence-corrected chi connectivity index (χ2v) is 5.57. The molecule has 3 fully saturated rings. The third-order valence-electron chi connectivity index (χ3n) is 4.51. The Morgan fingerprint density at radius 1 is 1.33 bits per heavy atom. The maximum absolute atomic E-state index is 11.3. The van der Waals surface area contributed by atoms with Gasteiger partial charge in [-0.2, -0.15) is 0 Å². The van der Waals surface area contributed by atoms with E-state index < -0.39 is 6.16 Å². The van der Waals surface area contributed by atoms with Crippen LogP contribution in [0.25, 0.3) is 0 Å². The van der Waals surface area contributed by atoms with Gasteiger partial charge in [-0.25, -0.2) is 4.79 Å². The van der Waals surface area contributed by atoms with Crippen molar-refractivity contribution in [2.24, 2.45) is 5.92 Å². The molecule has 0 aromatic rings. The highest BCUT2D eigenvalue weighted by molar-refractivity contribution is 5.59. The summed E-state index contributed by atoms with van der Waals surface area (Å²) in [4.78, 5) is 19.2. The van der Waals surface area contributed by atoms with Crippen LogP contribution in [-0.4, -0.2) is 54.4 Å². The fraction of sp³-hybridized carbons (Fsp3) is 0.923. The molecule has 3 unspecified atom stereocenters. The van der Waals surface area contributed by atoms with Gasteiger partial charge in [-0.05, 0) is 38.6 Å². The number of piperidine rings is 1. The first-order chi connectivity index (χ1) is 8.78. The number of hydroxylamine groups is 2. The van der Waals surface area contributed by atoms with Gasteiger partial charge in [-0.1, -0.05) is 6.42 Å². The fourth-order valence-electron chi connectivity index (χ4n) is 3.81. The molecule has 0 aliphatic carbocycles. The Kier molecular flexibility index (Phi) is 3.43. The van der Waals surface area contributed by atoms with E-state index >= 15 is 0 Å². The number of carbonyl (C=O) groups is 1. The third-order valence-corrected chi connectivity index (χ3v) is 4.51. The second kappa shape index (κ2) is 5.05. The molecule has 0 spiro atoms. The lowest BCUT2D eigenvalue weighted by molar-refractivity contribution is -0.119. The van der Waals surface area contributed by atoms with Crippen LogP contribution in [0.3, 0.4) is 0 Å². The van der Waals surface area contributed by atoms with Gasteiger partial charge >= 0.3 is 6.16 Å². The summed E-state index contributed by atoms with van der Waals surface area (Å²) in [5.74, 6) is 0.669. The van der Waals surface area contributed by atoms with Crippen molar-refractivity contribution in [3.05, 3.63) is 0 Å². The predicted octanol–water partition coefficient (Wildman–Crippen LogP) is 1.63. The largest absolute Gasteiger partial charge is 0.527 e. The summed E-state index contributed by atoms with van der Waals surface area (Å²) >= 11 is 0. The fourth-order valence-corrected chi connectivity index (χ4v) is 3.81. The first kappa shape index (κ1) is 12.2. The first-order valence-corrected chi connectivity index (χ1v) is 7.13. The molecule has 5 heteroatoms. The van der Waals surface area contributed by atoms with Crippen LogP contribution >= 0.6 is 0 Å². The van der Waals surface area contributed by atoms with E-state index in [1.807, 2.05) is 0 Å². The van der Waals surface area contributed by atoms with E-state index in [4.69, 9.17) is 9.57 Å². The lowest BCUT2D eigenvalue weighted by Crippen LogP contribution is -2.43. The zero-order chi connectivity index (χ0) is 12.5. The minimum atomic E-state index is -0.562. The Morgan fingerprint density at radius 3 is 3.06 bits per heavy atom. The van der Waals surface area contributed by atoms with Gasteiger partial charge < -0.3 is 9.57 Å². The lowest BCUT2D eigenvalue weighted by atomic mass is 9.99. The summed E-state index contributed by atoms with van der Waals surface area (Å²) in [6, 6.07) is 1.38. The molecule has 0 saturated carbocycles. The van der Waals surface area contributed by atoms with Gasteiger partial charge in [0.25, 0.3) is 0 Å². The summed E-state index contributed by atoms with van der Waals surface area (Å²) in [5.41, 5.74) is 0. The molecular formula is C13H22N2O3. The number of rotatable bonds is 2. The van der Waals surface area contributed by atoms with E-state index in [1.54, 1.807) is 12.0 Å². The minimum absolute atomic E-state index is 0.369.